The largest absolute Gasteiger partial charge is 0.433 e. The number of hydrogen-bond donors (Lipinski definition) is 4. The topological polar surface area (TPSA) is 100 Å². The van der Waals surface area contributed by atoms with Crippen LogP contribution in [0.2, 0.25) is 0 Å². The average Bonchev–Trinajstić information content (AvgIpc) is 2.66. The molecule has 0 amide bonds. The number of anilines is 1. The zero-order chi connectivity index (χ0) is 20.5. The Morgan fingerprint density at radius 2 is 1.86 bits per heavy atom. The maximum Gasteiger partial charge on any atom is 0.433 e. The molecular weight excluding hydrogens is 379 g/mol. The van der Waals surface area contributed by atoms with Gasteiger partial charge in [0.2, 0.25) is 0 Å². The Labute approximate surface area is 161 Å². The summed E-state index contributed by atoms with van der Waals surface area (Å²) in [6.07, 6.45) is -6.60. The van der Waals surface area contributed by atoms with E-state index in [1.54, 1.807) is 11.0 Å². The molecule has 28 heavy (non-hydrogen) atoms. The molecule has 1 aromatic heterocycles. The highest BCUT2D eigenvalue weighted by Crippen LogP contribution is 2.30. The van der Waals surface area contributed by atoms with E-state index < -0.39 is 36.2 Å². The van der Waals surface area contributed by atoms with Gasteiger partial charge in [0.1, 0.15) is 23.7 Å². The third kappa shape index (κ3) is 4.57. The summed E-state index contributed by atoms with van der Waals surface area (Å²) in [6, 6.07) is 3.15. The number of hydrogen-bond acceptors (Lipinski definition) is 7. The SMILES string of the molecule is OC[C@@H]1[C@@H](O)[C@H](O)[C@@H](O)CN1C[C@@H]1CCCN(c2cccc(C(F)(F)F)n2)C1. The summed E-state index contributed by atoms with van der Waals surface area (Å²) in [5.41, 5.74) is -0.927. The first-order chi connectivity index (χ1) is 13.2. The van der Waals surface area contributed by atoms with Crippen LogP contribution in [0.3, 0.4) is 0 Å². The highest BCUT2D eigenvalue weighted by molar-refractivity contribution is 5.40. The quantitative estimate of drug-likeness (QED) is 0.563. The Morgan fingerprint density at radius 3 is 2.54 bits per heavy atom. The molecule has 0 aromatic carbocycles. The monoisotopic (exact) mass is 405 g/mol. The lowest BCUT2D eigenvalue weighted by molar-refractivity contribution is -0.147. The molecule has 10 heteroatoms. The van der Waals surface area contributed by atoms with Crippen molar-refractivity contribution in [3.8, 4) is 0 Å². The molecule has 7 nitrogen and oxygen atoms in total. The van der Waals surface area contributed by atoms with Crippen molar-refractivity contribution in [3.05, 3.63) is 23.9 Å². The minimum atomic E-state index is -4.50. The summed E-state index contributed by atoms with van der Waals surface area (Å²) in [7, 11) is 0. The maximum absolute atomic E-state index is 12.9. The van der Waals surface area contributed by atoms with Gasteiger partial charge < -0.3 is 25.3 Å². The molecule has 2 fully saturated rings. The molecule has 4 N–H and O–H groups in total. The van der Waals surface area contributed by atoms with Gasteiger partial charge in [-0.05, 0) is 30.9 Å². The first-order valence-electron chi connectivity index (χ1n) is 9.39. The lowest BCUT2D eigenvalue weighted by Crippen LogP contribution is -2.63. The van der Waals surface area contributed by atoms with Crippen LogP contribution < -0.4 is 4.90 Å². The van der Waals surface area contributed by atoms with Gasteiger partial charge >= 0.3 is 6.18 Å². The standard InChI is InChI=1S/C18H26F3N3O4/c19-18(20,21)14-4-1-5-15(22-14)23-6-2-3-11(7-23)8-24-9-13(26)17(28)16(27)12(24)10-25/h1,4-5,11-13,16-17,25-28H,2-3,6-10H2/t11-,12-,13+,16-,17-/m1/s1. The second-order valence-electron chi connectivity index (χ2n) is 7.59. The number of alkyl halides is 3. The fourth-order valence-electron chi connectivity index (χ4n) is 4.10. The van der Waals surface area contributed by atoms with Crippen molar-refractivity contribution in [2.75, 3.05) is 37.7 Å². The molecule has 1 aromatic rings. The molecule has 2 aliphatic heterocycles. The van der Waals surface area contributed by atoms with E-state index in [0.29, 0.717) is 19.6 Å². The smallest absolute Gasteiger partial charge is 0.395 e. The van der Waals surface area contributed by atoms with Gasteiger partial charge in [-0.15, -0.1) is 0 Å². The van der Waals surface area contributed by atoms with E-state index in [1.165, 1.54) is 6.07 Å². The summed E-state index contributed by atoms with van der Waals surface area (Å²) >= 11 is 0. The summed E-state index contributed by atoms with van der Waals surface area (Å²) in [6.45, 7) is 1.27. The van der Waals surface area contributed by atoms with Crippen molar-refractivity contribution in [1.82, 2.24) is 9.88 Å². The van der Waals surface area contributed by atoms with Gasteiger partial charge in [0.25, 0.3) is 0 Å². The molecule has 5 atom stereocenters. The van der Waals surface area contributed by atoms with Crippen LogP contribution in [0.15, 0.2) is 18.2 Å². The second kappa shape index (κ2) is 8.50. The number of piperidine rings is 2. The molecule has 0 saturated carbocycles. The minimum absolute atomic E-state index is 0.0637. The van der Waals surface area contributed by atoms with Crippen LogP contribution in [0, 0.1) is 5.92 Å². The number of pyridine rings is 1. The summed E-state index contributed by atoms with van der Waals surface area (Å²) in [5, 5.41) is 39.4. The van der Waals surface area contributed by atoms with Crippen molar-refractivity contribution in [2.45, 2.75) is 43.4 Å². The Hall–Kier alpha value is -1.46. The van der Waals surface area contributed by atoms with E-state index in [1.807, 2.05) is 4.90 Å². The van der Waals surface area contributed by atoms with Gasteiger partial charge in [-0.25, -0.2) is 4.98 Å². The number of β-amino-alcohol motifs (C(OH)–C–C–N with tert-alkyl or cyclic N) is 1. The molecular formula is C18H26F3N3O4. The fourth-order valence-corrected chi connectivity index (χ4v) is 4.10. The summed E-state index contributed by atoms with van der Waals surface area (Å²) < 4.78 is 38.8. The Kier molecular flexibility index (Phi) is 6.45. The lowest BCUT2D eigenvalue weighted by Gasteiger charge is -2.45. The van der Waals surface area contributed by atoms with Crippen molar-refractivity contribution in [2.24, 2.45) is 5.92 Å². The van der Waals surface area contributed by atoms with E-state index in [0.717, 1.165) is 18.9 Å². The third-order valence-electron chi connectivity index (χ3n) is 5.58. The van der Waals surface area contributed by atoms with E-state index in [2.05, 4.69) is 4.98 Å². The average molecular weight is 405 g/mol. The number of aliphatic hydroxyl groups is 4. The van der Waals surface area contributed by atoms with Crippen LogP contribution >= 0.6 is 0 Å². The zero-order valence-corrected chi connectivity index (χ0v) is 15.3. The van der Waals surface area contributed by atoms with Crippen molar-refractivity contribution in [3.63, 3.8) is 0 Å². The zero-order valence-electron chi connectivity index (χ0n) is 15.3. The molecule has 158 valence electrons. The molecule has 0 unspecified atom stereocenters. The van der Waals surface area contributed by atoms with Crippen LogP contribution in [0.5, 0.6) is 0 Å². The third-order valence-corrected chi connectivity index (χ3v) is 5.58. The molecule has 2 aliphatic rings. The number of halogens is 3. The molecule has 2 saturated heterocycles. The van der Waals surface area contributed by atoms with E-state index in [4.69, 9.17) is 0 Å². The van der Waals surface area contributed by atoms with Gasteiger partial charge in [0.15, 0.2) is 0 Å². The Balaban J connectivity index is 1.68. The normalized spacial score (nSPS) is 32.5. The van der Waals surface area contributed by atoms with Crippen LogP contribution in [0.4, 0.5) is 19.0 Å². The second-order valence-corrected chi connectivity index (χ2v) is 7.59. The first kappa shape index (κ1) is 21.3. The number of rotatable bonds is 4. The molecule has 3 rings (SSSR count). The number of likely N-dealkylation sites (tertiary alicyclic amines) is 1. The van der Waals surface area contributed by atoms with Crippen LogP contribution in [-0.2, 0) is 6.18 Å². The molecule has 0 radical (unpaired) electrons. The highest BCUT2D eigenvalue weighted by atomic mass is 19.4. The molecule has 0 bridgehead atoms. The Morgan fingerprint density at radius 1 is 1.11 bits per heavy atom. The van der Waals surface area contributed by atoms with Crippen LogP contribution in [0.25, 0.3) is 0 Å². The van der Waals surface area contributed by atoms with Crippen LogP contribution in [-0.4, -0.2) is 87.4 Å². The van der Waals surface area contributed by atoms with Crippen LogP contribution in [0.1, 0.15) is 18.5 Å². The highest BCUT2D eigenvalue weighted by Gasteiger charge is 2.42. The first-order valence-corrected chi connectivity index (χ1v) is 9.39. The Bertz CT molecular complexity index is 663. The van der Waals surface area contributed by atoms with Gasteiger partial charge in [0.05, 0.1) is 18.8 Å². The van der Waals surface area contributed by atoms with Crippen molar-refractivity contribution < 1.29 is 33.6 Å². The van der Waals surface area contributed by atoms with Gasteiger partial charge in [0, 0.05) is 26.2 Å². The number of nitrogens with zero attached hydrogens (tertiary/aromatic N) is 3. The maximum atomic E-state index is 12.9. The molecule has 0 aliphatic carbocycles. The van der Waals surface area contributed by atoms with Gasteiger partial charge in [-0.3, -0.25) is 4.90 Å². The van der Waals surface area contributed by atoms with Crippen molar-refractivity contribution >= 4 is 5.82 Å². The summed E-state index contributed by atoms with van der Waals surface area (Å²) in [4.78, 5) is 7.30. The molecule has 0 spiro atoms. The minimum Gasteiger partial charge on any atom is -0.395 e. The van der Waals surface area contributed by atoms with E-state index in [9.17, 15) is 33.6 Å². The predicted octanol–water partition coefficient (Wildman–Crippen LogP) is 0.0760. The van der Waals surface area contributed by atoms with Gasteiger partial charge in [-0.1, -0.05) is 6.07 Å². The number of aromatic nitrogens is 1. The predicted molar refractivity (Wildman–Crippen MR) is 94.6 cm³/mol. The van der Waals surface area contributed by atoms with E-state index >= 15 is 0 Å². The lowest BCUT2D eigenvalue weighted by atomic mass is 9.91. The fraction of sp³-hybridized carbons (Fsp3) is 0.722. The van der Waals surface area contributed by atoms with E-state index in [-0.39, 0.29) is 24.9 Å². The number of aliphatic hydroxyl groups excluding tert-OH is 4. The molecule has 3 heterocycles. The van der Waals surface area contributed by atoms with Crippen molar-refractivity contribution in [1.29, 1.82) is 0 Å². The summed E-state index contributed by atoms with van der Waals surface area (Å²) in [5.74, 6) is 0.334. The van der Waals surface area contributed by atoms with Gasteiger partial charge in [-0.2, -0.15) is 13.2 Å².